The Morgan fingerprint density at radius 3 is 2.88 bits per heavy atom. The van der Waals surface area contributed by atoms with E-state index in [-0.39, 0.29) is 11.9 Å². The van der Waals surface area contributed by atoms with Crippen LogP contribution in [0.3, 0.4) is 0 Å². The summed E-state index contributed by atoms with van der Waals surface area (Å²) in [4.78, 5) is 24.1. The Hall–Kier alpha value is -2.01. The molecule has 1 unspecified atom stereocenters. The lowest BCUT2D eigenvalue weighted by atomic mass is 9.90. The highest BCUT2D eigenvalue weighted by Gasteiger charge is 2.34. The van der Waals surface area contributed by atoms with Crippen molar-refractivity contribution >= 4 is 23.2 Å². The van der Waals surface area contributed by atoms with Gasteiger partial charge in [0.1, 0.15) is 5.70 Å². The van der Waals surface area contributed by atoms with Gasteiger partial charge < -0.3 is 9.74 Å². The summed E-state index contributed by atoms with van der Waals surface area (Å²) in [5.74, 6) is 0.876. The zero-order valence-electron chi connectivity index (χ0n) is 14.5. The number of rotatable bonds is 6. The predicted molar refractivity (Wildman–Crippen MR) is 99.2 cm³/mol. The molecule has 25 heavy (non-hydrogen) atoms. The Bertz CT molecular complexity index is 673. The minimum absolute atomic E-state index is 0.218. The smallest absolute Gasteiger partial charge is 0.249 e. The number of halogens is 1. The quantitative estimate of drug-likeness (QED) is 0.624. The number of allylic oxidation sites excluding steroid dienone is 1. The molecular weight excluding hydrogens is 338 g/mol. The number of hydrogen-bond acceptors (Lipinski definition) is 4. The van der Waals surface area contributed by atoms with Crippen molar-refractivity contribution in [3.8, 4) is 0 Å². The molecule has 1 aliphatic carbocycles. The number of benzene rings is 1. The van der Waals surface area contributed by atoms with Crippen LogP contribution in [0, 0.1) is 0 Å². The van der Waals surface area contributed by atoms with Crippen molar-refractivity contribution in [3.63, 3.8) is 0 Å². The first kappa shape index (κ1) is 17.8. The lowest BCUT2D eigenvalue weighted by molar-refractivity contribution is -0.130. The predicted octanol–water partition coefficient (Wildman–Crippen LogP) is 3.40. The summed E-state index contributed by atoms with van der Waals surface area (Å²) in [5.41, 5.74) is 5.67. The van der Waals surface area contributed by atoms with E-state index in [1.165, 1.54) is 25.5 Å². The molecule has 1 aromatic carbocycles. The molecule has 1 atom stereocenters. The second-order valence-corrected chi connectivity index (χ2v) is 6.80. The number of amides is 1. The van der Waals surface area contributed by atoms with E-state index in [2.05, 4.69) is 22.5 Å². The number of hydroxylamine groups is 1. The third kappa shape index (κ3) is 4.34. The number of hydrogen-bond donors (Lipinski definition) is 1. The average Bonchev–Trinajstić information content (AvgIpc) is 2.62. The molecular formula is C19H24ClN3O2. The molecule has 1 saturated carbocycles. The summed E-state index contributed by atoms with van der Waals surface area (Å²) in [6.45, 7) is 2.10. The molecule has 0 aromatic heterocycles. The lowest BCUT2D eigenvalue weighted by Gasteiger charge is -2.40. The number of carbonyl (C=O) groups is 1. The fraction of sp³-hybridized carbons (Fsp3) is 0.474. The maximum Gasteiger partial charge on any atom is 0.249 e. The summed E-state index contributed by atoms with van der Waals surface area (Å²) in [6, 6.07) is 10.4. The van der Waals surface area contributed by atoms with Crippen molar-refractivity contribution < 1.29 is 9.63 Å². The first-order valence-corrected chi connectivity index (χ1v) is 9.33. The summed E-state index contributed by atoms with van der Waals surface area (Å²) in [5, 5.41) is 0. The molecule has 1 aromatic rings. The molecule has 2 aliphatic rings. The SMILES string of the molecule is CC(=O)NOC1=C(Cc2ccccc2)N=C2CCCCC2N1CCCl. The van der Waals surface area contributed by atoms with E-state index in [9.17, 15) is 4.79 Å². The molecule has 1 heterocycles. The third-order valence-corrected chi connectivity index (χ3v) is 4.71. The molecule has 6 heteroatoms. The normalized spacial score (nSPS) is 20.0. The number of fused-ring (bicyclic) bond motifs is 1. The second kappa shape index (κ2) is 8.39. The van der Waals surface area contributed by atoms with E-state index in [1.807, 2.05) is 18.2 Å². The molecule has 134 valence electrons. The van der Waals surface area contributed by atoms with Gasteiger partial charge in [-0.2, -0.15) is 5.48 Å². The van der Waals surface area contributed by atoms with E-state index in [0.29, 0.717) is 24.7 Å². The van der Waals surface area contributed by atoms with Crippen molar-refractivity contribution in [2.24, 2.45) is 4.99 Å². The average molecular weight is 362 g/mol. The van der Waals surface area contributed by atoms with Gasteiger partial charge in [-0.15, -0.1) is 11.6 Å². The zero-order valence-corrected chi connectivity index (χ0v) is 15.3. The van der Waals surface area contributed by atoms with Gasteiger partial charge in [0, 0.05) is 31.5 Å². The Balaban J connectivity index is 1.96. The molecule has 0 spiro atoms. The molecule has 1 amide bonds. The summed E-state index contributed by atoms with van der Waals surface area (Å²) in [7, 11) is 0. The Morgan fingerprint density at radius 2 is 2.16 bits per heavy atom. The number of nitrogens with zero attached hydrogens (tertiary/aromatic N) is 2. The van der Waals surface area contributed by atoms with Crippen LogP contribution in [0.4, 0.5) is 0 Å². The maximum absolute atomic E-state index is 11.4. The second-order valence-electron chi connectivity index (χ2n) is 6.42. The van der Waals surface area contributed by atoms with Gasteiger partial charge >= 0.3 is 0 Å². The van der Waals surface area contributed by atoms with Gasteiger partial charge in [0.05, 0.1) is 6.04 Å². The summed E-state index contributed by atoms with van der Waals surface area (Å²) >= 11 is 6.05. The molecule has 5 nitrogen and oxygen atoms in total. The van der Waals surface area contributed by atoms with Crippen molar-refractivity contribution in [3.05, 3.63) is 47.5 Å². The van der Waals surface area contributed by atoms with E-state index in [4.69, 9.17) is 21.4 Å². The lowest BCUT2D eigenvalue weighted by Crippen LogP contribution is -2.48. The van der Waals surface area contributed by atoms with E-state index in [0.717, 1.165) is 24.1 Å². The molecule has 0 saturated heterocycles. The zero-order chi connectivity index (χ0) is 17.6. The summed E-state index contributed by atoms with van der Waals surface area (Å²) < 4.78 is 0. The Morgan fingerprint density at radius 1 is 1.36 bits per heavy atom. The van der Waals surface area contributed by atoms with Gasteiger partial charge in [-0.3, -0.25) is 9.79 Å². The van der Waals surface area contributed by atoms with Crippen molar-refractivity contribution in [2.45, 2.75) is 45.1 Å². The van der Waals surface area contributed by atoms with Crippen LogP contribution in [-0.4, -0.2) is 35.0 Å². The Labute approximate surface area is 153 Å². The van der Waals surface area contributed by atoms with Gasteiger partial charge in [-0.25, -0.2) is 0 Å². The molecule has 0 bridgehead atoms. The van der Waals surface area contributed by atoms with Crippen LogP contribution >= 0.6 is 11.6 Å². The Kier molecular flexibility index (Phi) is 5.97. The first-order chi connectivity index (χ1) is 12.2. The first-order valence-electron chi connectivity index (χ1n) is 8.79. The van der Waals surface area contributed by atoms with Crippen LogP contribution in [-0.2, 0) is 16.1 Å². The highest BCUT2D eigenvalue weighted by Crippen LogP contribution is 2.32. The third-order valence-electron chi connectivity index (χ3n) is 4.54. The van der Waals surface area contributed by atoms with Crippen LogP contribution in [0.2, 0.25) is 0 Å². The van der Waals surface area contributed by atoms with E-state index >= 15 is 0 Å². The van der Waals surface area contributed by atoms with Crippen LogP contribution in [0.15, 0.2) is 46.9 Å². The van der Waals surface area contributed by atoms with Crippen LogP contribution in [0.1, 0.15) is 38.2 Å². The fourth-order valence-corrected chi connectivity index (χ4v) is 3.64. The highest BCUT2D eigenvalue weighted by atomic mass is 35.5. The summed E-state index contributed by atoms with van der Waals surface area (Å²) in [6.07, 6.45) is 5.05. The molecule has 1 fully saturated rings. The number of carbonyl (C=O) groups excluding carboxylic acids is 1. The van der Waals surface area contributed by atoms with E-state index < -0.39 is 0 Å². The molecule has 1 aliphatic heterocycles. The minimum Gasteiger partial charge on any atom is -0.359 e. The number of aliphatic imine (C=N–C) groups is 1. The van der Waals surface area contributed by atoms with E-state index in [1.54, 1.807) is 0 Å². The van der Waals surface area contributed by atoms with Crippen LogP contribution in [0.25, 0.3) is 0 Å². The monoisotopic (exact) mass is 361 g/mol. The maximum atomic E-state index is 11.4. The molecule has 0 radical (unpaired) electrons. The van der Waals surface area contributed by atoms with Crippen molar-refractivity contribution in [1.82, 2.24) is 10.4 Å². The number of nitrogens with one attached hydrogen (secondary N) is 1. The van der Waals surface area contributed by atoms with Crippen molar-refractivity contribution in [1.29, 1.82) is 0 Å². The number of alkyl halides is 1. The standard InChI is InChI=1S/C19H24ClN3O2/c1-14(24)22-25-19-17(13-15-7-3-2-4-8-15)21-16-9-5-6-10-18(16)23(19)12-11-20/h2-4,7-8,18H,5-6,9-13H2,1H3,(H,22,24). The highest BCUT2D eigenvalue weighted by molar-refractivity contribution is 6.18. The molecule has 1 N–H and O–H groups in total. The van der Waals surface area contributed by atoms with Gasteiger partial charge in [-0.1, -0.05) is 36.8 Å². The van der Waals surface area contributed by atoms with Gasteiger partial charge in [0.25, 0.3) is 0 Å². The fourth-order valence-electron chi connectivity index (χ4n) is 3.46. The van der Waals surface area contributed by atoms with Gasteiger partial charge in [0.2, 0.25) is 11.8 Å². The van der Waals surface area contributed by atoms with Crippen LogP contribution < -0.4 is 5.48 Å². The largest absolute Gasteiger partial charge is 0.359 e. The topological polar surface area (TPSA) is 53.9 Å². The van der Waals surface area contributed by atoms with Crippen LogP contribution in [0.5, 0.6) is 0 Å². The minimum atomic E-state index is -0.240. The van der Waals surface area contributed by atoms with Crippen molar-refractivity contribution in [2.75, 3.05) is 12.4 Å². The van der Waals surface area contributed by atoms with Gasteiger partial charge in [-0.05, 0) is 24.8 Å². The van der Waals surface area contributed by atoms with Gasteiger partial charge in [0.15, 0.2) is 0 Å². The molecule has 3 rings (SSSR count).